The van der Waals surface area contributed by atoms with Crippen molar-refractivity contribution in [2.45, 2.75) is 82.9 Å². The first kappa shape index (κ1) is 21.3. The van der Waals surface area contributed by atoms with Crippen LogP contribution in [0, 0.1) is 35.0 Å². The van der Waals surface area contributed by atoms with Crippen molar-refractivity contribution in [2.24, 2.45) is 35.0 Å². The third-order valence-corrected chi connectivity index (χ3v) is 9.64. The topological polar surface area (TPSA) is 72.3 Å². The van der Waals surface area contributed by atoms with Gasteiger partial charge in [0.15, 0.2) is 5.78 Å². The fourth-order valence-corrected chi connectivity index (χ4v) is 8.13. The second-order valence-electron chi connectivity index (χ2n) is 11.3. The molecule has 170 valence electrons. The van der Waals surface area contributed by atoms with E-state index in [1.807, 2.05) is 6.92 Å². The molecule has 4 aliphatic rings. The maximum Gasteiger partial charge on any atom is 0.173 e. The zero-order valence-electron chi connectivity index (χ0n) is 18.7. The van der Waals surface area contributed by atoms with E-state index in [2.05, 4.69) is 17.1 Å². The molecule has 31 heavy (non-hydrogen) atoms. The van der Waals surface area contributed by atoms with Gasteiger partial charge in [0.1, 0.15) is 18.0 Å². The smallest absolute Gasteiger partial charge is 0.173 e. The Hall–Kier alpha value is -1.56. The molecule has 0 amide bonds. The molecule has 0 bridgehead atoms. The molecule has 4 saturated carbocycles. The SMILES string of the molecule is C[C@@]1(O)CC[C@@]2(F)[C@H](CC[C@H]3[C@@H]4CC[C@H](C(=O)COc5ccnnc5)[C@@]4(C)CC[C@@H]32)C1. The monoisotopic (exact) mass is 430 g/mol. The van der Waals surface area contributed by atoms with Crippen molar-refractivity contribution in [3.8, 4) is 5.75 Å². The highest BCUT2D eigenvalue weighted by molar-refractivity contribution is 5.83. The fraction of sp³-hybridized carbons (Fsp3) is 0.800. The lowest BCUT2D eigenvalue weighted by Crippen LogP contribution is -2.58. The van der Waals surface area contributed by atoms with E-state index in [0.29, 0.717) is 36.8 Å². The molecule has 1 aromatic heterocycles. The van der Waals surface area contributed by atoms with Crippen LogP contribution >= 0.6 is 0 Å². The maximum absolute atomic E-state index is 16.4. The Bertz CT molecular complexity index is 833. The number of aromatic nitrogens is 2. The number of ketones is 1. The minimum Gasteiger partial charge on any atom is -0.484 e. The summed E-state index contributed by atoms with van der Waals surface area (Å²) in [7, 11) is 0. The predicted octanol–water partition coefficient (Wildman–Crippen LogP) is 4.54. The fourth-order valence-electron chi connectivity index (χ4n) is 8.13. The summed E-state index contributed by atoms with van der Waals surface area (Å²) in [4.78, 5) is 13.1. The summed E-state index contributed by atoms with van der Waals surface area (Å²) < 4.78 is 22.1. The van der Waals surface area contributed by atoms with Crippen LogP contribution in [0.2, 0.25) is 0 Å². The van der Waals surface area contributed by atoms with Gasteiger partial charge in [0.05, 0.1) is 18.0 Å². The van der Waals surface area contributed by atoms with E-state index in [0.717, 1.165) is 38.5 Å². The molecule has 0 radical (unpaired) electrons. The number of carbonyl (C=O) groups is 1. The summed E-state index contributed by atoms with van der Waals surface area (Å²) in [6, 6.07) is 1.71. The number of halogens is 1. The molecule has 6 heteroatoms. The largest absolute Gasteiger partial charge is 0.484 e. The Kier molecular flexibility index (Phi) is 5.15. The lowest BCUT2D eigenvalue weighted by Gasteiger charge is -2.59. The van der Waals surface area contributed by atoms with Crippen LogP contribution in [0.15, 0.2) is 18.5 Å². The van der Waals surface area contributed by atoms with Crippen LogP contribution in [0.4, 0.5) is 4.39 Å². The normalized spacial score (nSPS) is 46.5. The van der Waals surface area contributed by atoms with Crippen molar-refractivity contribution in [3.05, 3.63) is 18.5 Å². The molecule has 0 aromatic carbocycles. The first-order chi connectivity index (χ1) is 14.7. The van der Waals surface area contributed by atoms with Crippen molar-refractivity contribution in [1.82, 2.24) is 10.2 Å². The molecular formula is C25H35FN2O3. The van der Waals surface area contributed by atoms with Gasteiger partial charge in [-0.05, 0) is 93.8 Å². The maximum atomic E-state index is 16.4. The van der Waals surface area contributed by atoms with E-state index in [4.69, 9.17) is 4.74 Å². The van der Waals surface area contributed by atoms with Crippen molar-refractivity contribution >= 4 is 5.78 Å². The first-order valence-electron chi connectivity index (χ1n) is 12.1. The third kappa shape index (κ3) is 3.49. The van der Waals surface area contributed by atoms with Gasteiger partial charge in [0, 0.05) is 12.0 Å². The molecule has 0 spiro atoms. The standard InChI is InChI=1S/C25H35FN2O3/c1-23(30)10-11-25(26)16(13-23)3-4-18-19-5-6-21(24(19,2)9-7-20(18)25)22(29)15-31-17-8-12-27-28-14-17/h8,12,14,16,18-21,30H,3-7,9-11,13,15H2,1-2H3/t16-,18+,19+,20+,21-,23-,24+,25-/m1/s1. The highest BCUT2D eigenvalue weighted by Crippen LogP contribution is 2.66. The molecule has 0 saturated heterocycles. The van der Waals surface area contributed by atoms with E-state index < -0.39 is 11.3 Å². The van der Waals surface area contributed by atoms with Gasteiger partial charge < -0.3 is 9.84 Å². The van der Waals surface area contributed by atoms with Gasteiger partial charge in [0.2, 0.25) is 0 Å². The molecule has 5 rings (SSSR count). The predicted molar refractivity (Wildman–Crippen MR) is 114 cm³/mol. The van der Waals surface area contributed by atoms with E-state index in [1.165, 1.54) is 6.20 Å². The summed E-state index contributed by atoms with van der Waals surface area (Å²) in [5.41, 5.74) is -1.90. The molecule has 4 fully saturated rings. The van der Waals surface area contributed by atoms with Gasteiger partial charge in [-0.1, -0.05) is 6.92 Å². The first-order valence-corrected chi connectivity index (χ1v) is 12.1. The van der Waals surface area contributed by atoms with Crippen LogP contribution in [0.5, 0.6) is 5.75 Å². The van der Waals surface area contributed by atoms with Gasteiger partial charge in [0.25, 0.3) is 0 Å². The Labute approximate surface area is 184 Å². The zero-order chi connectivity index (χ0) is 21.9. The molecule has 0 aliphatic heterocycles. The molecule has 4 aliphatic carbocycles. The molecule has 0 unspecified atom stereocenters. The average molecular weight is 431 g/mol. The van der Waals surface area contributed by atoms with Crippen LogP contribution < -0.4 is 4.74 Å². The molecule has 1 N–H and O–H groups in total. The molecule has 8 atom stereocenters. The van der Waals surface area contributed by atoms with Gasteiger partial charge in [-0.15, -0.1) is 0 Å². The summed E-state index contributed by atoms with van der Waals surface area (Å²) in [5, 5.41) is 18.1. The average Bonchev–Trinajstić information content (AvgIpc) is 3.10. The number of hydrogen-bond donors (Lipinski definition) is 1. The van der Waals surface area contributed by atoms with Gasteiger partial charge in [-0.3, -0.25) is 4.79 Å². The number of ether oxygens (including phenoxy) is 1. The minimum atomic E-state index is -1.13. The quantitative estimate of drug-likeness (QED) is 0.759. The van der Waals surface area contributed by atoms with Crippen molar-refractivity contribution < 1.29 is 19.0 Å². The molecule has 5 nitrogen and oxygen atoms in total. The number of rotatable bonds is 4. The Morgan fingerprint density at radius 3 is 2.74 bits per heavy atom. The van der Waals surface area contributed by atoms with Crippen LogP contribution in [-0.4, -0.2) is 39.0 Å². The number of alkyl halides is 1. The molecular weight excluding hydrogens is 395 g/mol. The van der Waals surface area contributed by atoms with Crippen molar-refractivity contribution in [1.29, 1.82) is 0 Å². The summed E-state index contributed by atoms with van der Waals surface area (Å²) in [5.74, 6) is 1.59. The number of carbonyl (C=O) groups excluding carboxylic acids is 1. The van der Waals surface area contributed by atoms with E-state index in [9.17, 15) is 9.90 Å². The lowest BCUT2D eigenvalue weighted by molar-refractivity contribution is -0.166. The number of aliphatic hydroxyl groups is 1. The van der Waals surface area contributed by atoms with E-state index >= 15 is 4.39 Å². The number of Topliss-reactive ketones (excluding diaryl/α,β-unsaturated/α-hetero) is 1. The van der Waals surface area contributed by atoms with E-state index in [1.54, 1.807) is 12.3 Å². The van der Waals surface area contributed by atoms with Crippen LogP contribution in [-0.2, 0) is 4.79 Å². The lowest BCUT2D eigenvalue weighted by atomic mass is 9.48. The zero-order valence-corrected chi connectivity index (χ0v) is 18.7. The Morgan fingerprint density at radius 2 is 1.97 bits per heavy atom. The number of hydrogen-bond acceptors (Lipinski definition) is 5. The summed E-state index contributed by atoms with van der Waals surface area (Å²) in [6.07, 6.45) is 10.3. The van der Waals surface area contributed by atoms with Crippen molar-refractivity contribution in [2.75, 3.05) is 6.61 Å². The van der Waals surface area contributed by atoms with Gasteiger partial charge >= 0.3 is 0 Å². The van der Waals surface area contributed by atoms with Gasteiger partial charge in [-0.25, -0.2) is 4.39 Å². The molecule has 1 heterocycles. The summed E-state index contributed by atoms with van der Waals surface area (Å²) in [6.45, 7) is 4.21. The highest BCUT2D eigenvalue weighted by atomic mass is 19.1. The van der Waals surface area contributed by atoms with E-state index in [-0.39, 0.29) is 35.6 Å². The summed E-state index contributed by atoms with van der Waals surface area (Å²) >= 11 is 0. The molecule has 1 aromatic rings. The minimum absolute atomic E-state index is 0.00591. The van der Waals surface area contributed by atoms with Crippen molar-refractivity contribution in [3.63, 3.8) is 0 Å². The number of fused-ring (bicyclic) bond motifs is 5. The van der Waals surface area contributed by atoms with Crippen LogP contribution in [0.1, 0.15) is 71.6 Å². The van der Waals surface area contributed by atoms with Gasteiger partial charge in [-0.2, -0.15) is 10.2 Å². The Morgan fingerprint density at radius 1 is 1.13 bits per heavy atom. The number of nitrogens with zero attached hydrogens (tertiary/aromatic N) is 2. The highest BCUT2D eigenvalue weighted by Gasteiger charge is 2.63. The Balaban J connectivity index is 1.30. The van der Waals surface area contributed by atoms with Crippen LogP contribution in [0.3, 0.4) is 0 Å². The second kappa shape index (κ2) is 7.50. The second-order valence-corrected chi connectivity index (χ2v) is 11.3. The van der Waals surface area contributed by atoms with Crippen LogP contribution in [0.25, 0.3) is 0 Å². The third-order valence-electron chi connectivity index (χ3n) is 9.64.